The molecular formula is C17H18ClN3O2. The first-order valence-corrected chi connectivity index (χ1v) is 7.53. The van der Waals surface area contributed by atoms with Crippen LogP contribution in [0.15, 0.2) is 48.5 Å². The number of anilines is 1. The van der Waals surface area contributed by atoms with Crippen LogP contribution in [0, 0.1) is 0 Å². The average Bonchev–Trinajstić information content (AvgIpc) is 2.53. The number of rotatable bonds is 5. The average molecular weight is 332 g/mol. The molecule has 0 saturated heterocycles. The maximum Gasteiger partial charge on any atom is 0.319 e. The molecule has 3 amide bonds. The van der Waals surface area contributed by atoms with E-state index in [-0.39, 0.29) is 11.9 Å². The highest BCUT2D eigenvalue weighted by molar-refractivity contribution is 6.30. The SMILES string of the molecule is CC(=O)NCc1ccc(NC(=O)NCc2ccc(Cl)cc2)cc1. The van der Waals surface area contributed by atoms with Crippen LogP contribution in [0.3, 0.4) is 0 Å². The summed E-state index contributed by atoms with van der Waals surface area (Å²) in [5.41, 5.74) is 2.62. The normalized spacial score (nSPS) is 10.0. The van der Waals surface area contributed by atoms with E-state index in [0.717, 1.165) is 11.1 Å². The van der Waals surface area contributed by atoms with Crippen LogP contribution in [0.5, 0.6) is 0 Å². The number of halogens is 1. The van der Waals surface area contributed by atoms with Gasteiger partial charge in [-0.15, -0.1) is 0 Å². The second-order valence-electron chi connectivity index (χ2n) is 5.04. The first-order valence-electron chi connectivity index (χ1n) is 7.15. The van der Waals surface area contributed by atoms with Crippen molar-refractivity contribution < 1.29 is 9.59 Å². The molecule has 0 fully saturated rings. The summed E-state index contributed by atoms with van der Waals surface area (Å²) in [5.74, 6) is -0.0752. The van der Waals surface area contributed by atoms with E-state index < -0.39 is 0 Å². The third-order valence-corrected chi connectivity index (χ3v) is 3.37. The van der Waals surface area contributed by atoms with Gasteiger partial charge in [-0.1, -0.05) is 35.9 Å². The van der Waals surface area contributed by atoms with Crippen molar-refractivity contribution in [1.82, 2.24) is 10.6 Å². The number of hydrogen-bond acceptors (Lipinski definition) is 2. The zero-order valence-electron chi connectivity index (χ0n) is 12.7. The molecule has 23 heavy (non-hydrogen) atoms. The second kappa shape index (κ2) is 8.19. The number of benzene rings is 2. The van der Waals surface area contributed by atoms with E-state index in [9.17, 15) is 9.59 Å². The van der Waals surface area contributed by atoms with Crippen molar-refractivity contribution in [2.45, 2.75) is 20.0 Å². The van der Waals surface area contributed by atoms with Gasteiger partial charge in [-0.25, -0.2) is 4.79 Å². The Morgan fingerprint density at radius 2 is 1.39 bits per heavy atom. The molecule has 0 bridgehead atoms. The Bertz CT molecular complexity index is 669. The number of urea groups is 1. The van der Waals surface area contributed by atoms with Gasteiger partial charge in [-0.2, -0.15) is 0 Å². The van der Waals surface area contributed by atoms with E-state index in [1.165, 1.54) is 6.92 Å². The maximum atomic E-state index is 11.8. The van der Waals surface area contributed by atoms with Gasteiger partial charge in [0.25, 0.3) is 0 Å². The zero-order chi connectivity index (χ0) is 16.7. The topological polar surface area (TPSA) is 70.2 Å². The van der Waals surface area contributed by atoms with Gasteiger partial charge in [0.15, 0.2) is 0 Å². The largest absolute Gasteiger partial charge is 0.352 e. The molecule has 0 aliphatic carbocycles. The molecule has 2 rings (SSSR count). The standard InChI is InChI=1S/C17H18ClN3O2/c1-12(22)19-10-14-4-8-16(9-5-14)21-17(23)20-11-13-2-6-15(18)7-3-13/h2-9H,10-11H2,1H3,(H,19,22)(H2,20,21,23). The van der Waals surface area contributed by atoms with Gasteiger partial charge in [-0.05, 0) is 35.4 Å². The Morgan fingerprint density at radius 3 is 1.96 bits per heavy atom. The van der Waals surface area contributed by atoms with E-state index >= 15 is 0 Å². The monoisotopic (exact) mass is 331 g/mol. The van der Waals surface area contributed by atoms with Gasteiger partial charge >= 0.3 is 6.03 Å². The Morgan fingerprint density at radius 1 is 0.870 bits per heavy atom. The van der Waals surface area contributed by atoms with Crippen LogP contribution < -0.4 is 16.0 Å². The zero-order valence-corrected chi connectivity index (χ0v) is 13.5. The molecular weight excluding hydrogens is 314 g/mol. The number of carbonyl (C=O) groups excluding carboxylic acids is 2. The summed E-state index contributed by atoms with van der Waals surface area (Å²) in [7, 11) is 0. The van der Waals surface area contributed by atoms with Gasteiger partial charge < -0.3 is 16.0 Å². The Balaban J connectivity index is 1.80. The van der Waals surface area contributed by atoms with E-state index in [1.54, 1.807) is 24.3 Å². The van der Waals surface area contributed by atoms with Crippen LogP contribution in [-0.2, 0) is 17.9 Å². The Kier molecular flexibility index (Phi) is 6.00. The van der Waals surface area contributed by atoms with Crippen LogP contribution in [0.1, 0.15) is 18.1 Å². The summed E-state index contributed by atoms with van der Waals surface area (Å²) in [6.07, 6.45) is 0. The molecule has 2 aromatic rings. The molecule has 0 atom stereocenters. The molecule has 0 heterocycles. The van der Waals surface area contributed by atoms with Gasteiger partial charge in [-0.3, -0.25) is 4.79 Å². The quantitative estimate of drug-likeness (QED) is 0.786. The minimum atomic E-state index is -0.283. The lowest BCUT2D eigenvalue weighted by atomic mass is 10.2. The smallest absolute Gasteiger partial charge is 0.319 e. The lowest BCUT2D eigenvalue weighted by Gasteiger charge is -2.09. The minimum Gasteiger partial charge on any atom is -0.352 e. The number of hydrogen-bond donors (Lipinski definition) is 3. The molecule has 3 N–H and O–H groups in total. The molecule has 0 aliphatic rings. The van der Waals surface area contributed by atoms with Crippen LogP contribution in [0.2, 0.25) is 5.02 Å². The summed E-state index contributed by atoms with van der Waals surface area (Å²) in [4.78, 5) is 22.7. The highest BCUT2D eigenvalue weighted by atomic mass is 35.5. The number of nitrogens with one attached hydrogen (secondary N) is 3. The second-order valence-corrected chi connectivity index (χ2v) is 5.48. The van der Waals surface area contributed by atoms with Crippen molar-refractivity contribution in [3.05, 3.63) is 64.7 Å². The molecule has 2 aromatic carbocycles. The molecule has 0 saturated carbocycles. The van der Waals surface area contributed by atoms with Crippen LogP contribution in [0.4, 0.5) is 10.5 Å². The van der Waals surface area contributed by atoms with Crippen molar-refractivity contribution in [2.75, 3.05) is 5.32 Å². The van der Waals surface area contributed by atoms with Crippen molar-refractivity contribution >= 4 is 29.2 Å². The predicted molar refractivity (Wildman–Crippen MR) is 91.3 cm³/mol. The molecule has 0 aliphatic heterocycles. The Hall–Kier alpha value is -2.53. The lowest BCUT2D eigenvalue weighted by molar-refractivity contribution is -0.119. The fourth-order valence-electron chi connectivity index (χ4n) is 1.89. The summed E-state index contributed by atoms with van der Waals surface area (Å²) in [5, 5.41) is 8.90. The van der Waals surface area contributed by atoms with E-state index in [1.807, 2.05) is 24.3 Å². The van der Waals surface area contributed by atoms with E-state index in [2.05, 4.69) is 16.0 Å². The third kappa shape index (κ3) is 6.00. The summed E-state index contributed by atoms with van der Waals surface area (Å²) >= 11 is 5.81. The fraction of sp³-hybridized carbons (Fsp3) is 0.176. The van der Waals surface area contributed by atoms with Gasteiger partial charge in [0.1, 0.15) is 0 Å². The maximum absolute atomic E-state index is 11.8. The van der Waals surface area contributed by atoms with Gasteiger partial charge in [0.05, 0.1) is 0 Å². The van der Waals surface area contributed by atoms with Crippen molar-refractivity contribution in [1.29, 1.82) is 0 Å². The van der Waals surface area contributed by atoms with Crippen LogP contribution >= 0.6 is 11.6 Å². The lowest BCUT2D eigenvalue weighted by Crippen LogP contribution is -2.28. The van der Waals surface area contributed by atoms with Crippen LogP contribution in [0.25, 0.3) is 0 Å². The number of carbonyl (C=O) groups is 2. The molecule has 5 nitrogen and oxygen atoms in total. The molecule has 0 aromatic heterocycles. The fourth-order valence-corrected chi connectivity index (χ4v) is 2.02. The minimum absolute atomic E-state index is 0.0752. The van der Waals surface area contributed by atoms with E-state index in [4.69, 9.17) is 11.6 Å². The molecule has 0 unspecified atom stereocenters. The summed E-state index contributed by atoms with van der Waals surface area (Å²) in [6, 6.07) is 14.3. The highest BCUT2D eigenvalue weighted by Crippen LogP contribution is 2.11. The third-order valence-electron chi connectivity index (χ3n) is 3.12. The number of amides is 3. The summed E-state index contributed by atoms with van der Waals surface area (Å²) in [6.45, 7) is 2.36. The molecule has 6 heteroatoms. The first-order chi connectivity index (χ1) is 11.0. The molecule has 120 valence electrons. The van der Waals surface area contributed by atoms with Gasteiger partial charge in [0, 0.05) is 30.7 Å². The van der Waals surface area contributed by atoms with Crippen molar-refractivity contribution in [2.24, 2.45) is 0 Å². The predicted octanol–water partition coefficient (Wildman–Crippen LogP) is 3.30. The molecule has 0 spiro atoms. The van der Waals surface area contributed by atoms with Crippen molar-refractivity contribution in [3.63, 3.8) is 0 Å². The highest BCUT2D eigenvalue weighted by Gasteiger charge is 2.02. The molecule has 0 radical (unpaired) electrons. The first kappa shape index (κ1) is 16.8. The van der Waals surface area contributed by atoms with Crippen LogP contribution in [-0.4, -0.2) is 11.9 Å². The Labute approximate surface area is 140 Å². The van der Waals surface area contributed by atoms with Crippen molar-refractivity contribution in [3.8, 4) is 0 Å². The van der Waals surface area contributed by atoms with E-state index in [0.29, 0.717) is 23.8 Å². The summed E-state index contributed by atoms with van der Waals surface area (Å²) < 4.78 is 0. The van der Waals surface area contributed by atoms with Gasteiger partial charge in [0.2, 0.25) is 5.91 Å².